The lowest BCUT2D eigenvalue weighted by Crippen LogP contribution is -2.09. The number of benzene rings is 1. The van der Waals surface area contributed by atoms with Crippen LogP contribution >= 0.6 is 9.07 Å². The Hall–Kier alpha value is -0.304. The average Bonchev–Trinajstić information content (AvgIpc) is 2.04. The molecule has 0 bridgehead atoms. The fourth-order valence-electron chi connectivity index (χ4n) is 0.732. The van der Waals surface area contributed by atoms with Gasteiger partial charge in [0.15, 0.2) is 0 Å². The van der Waals surface area contributed by atoms with Crippen molar-refractivity contribution < 1.29 is 4.39 Å². The predicted molar refractivity (Wildman–Crippen MR) is 42.4 cm³/mol. The molecule has 1 aromatic carbocycles. The van der Waals surface area contributed by atoms with Crippen LogP contribution in [0.3, 0.4) is 0 Å². The van der Waals surface area contributed by atoms with E-state index < -0.39 is 25.1 Å². The second kappa shape index (κ2) is 3.91. The molecule has 0 aliphatic carbocycles. The fraction of sp³-hybridized carbons (Fsp3) is 0. The number of nitriles is 1. The van der Waals surface area contributed by atoms with E-state index in [0.717, 1.165) is 3.69 Å². The monoisotopic (exact) mass is 179 g/mol. The Bertz CT molecular complexity index is 308. The van der Waals surface area contributed by atoms with Crippen LogP contribution < -0.4 is 3.69 Å². The van der Waals surface area contributed by atoms with Crippen molar-refractivity contribution in [1.29, 1.82) is 5.26 Å². The van der Waals surface area contributed by atoms with Crippen molar-refractivity contribution in [2.75, 3.05) is 0 Å². The molecular weight excluding hydrogens is 177 g/mol. The summed E-state index contributed by atoms with van der Waals surface area (Å²) in [6, 6.07) is 6.23. The molecule has 1 rings (SSSR count). The Morgan fingerprint density at radius 2 is 2.27 bits per heavy atom. The van der Waals surface area contributed by atoms with Gasteiger partial charge in [-0.05, 0) is 12.1 Å². The second-order valence-corrected chi connectivity index (χ2v) is 3.95. The van der Waals surface area contributed by atoms with E-state index in [1.165, 1.54) is 12.1 Å². The molecule has 1 aromatic rings. The third kappa shape index (κ3) is 2.06. The maximum atomic E-state index is 12.8. The van der Waals surface area contributed by atoms with Crippen molar-refractivity contribution in [2.45, 2.75) is 0 Å². The molecule has 0 unspecified atom stereocenters. The first-order valence-electron chi connectivity index (χ1n) is 3.02. The highest BCUT2D eigenvalue weighted by Gasteiger charge is 2.02. The van der Waals surface area contributed by atoms with Gasteiger partial charge in [0.05, 0.1) is 5.56 Å². The maximum Gasteiger partial charge on any atom is 0.538 e. The summed E-state index contributed by atoms with van der Waals surface area (Å²) < 4.78 is 13.6. The molecule has 0 fully saturated rings. The van der Waals surface area contributed by atoms with Gasteiger partial charge in [-0.25, -0.2) is 4.39 Å². The summed E-state index contributed by atoms with van der Waals surface area (Å²) in [5.74, 6) is -0.474. The number of halogens is 2. The first-order valence-corrected chi connectivity index (χ1v) is 5.87. The van der Waals surface area contributed by atoms with Gasteiger partial charge in [0.2, 0.25) is 0 Å². The van der Waals surface area contributed by atoms with Crippen LogP contribution in [-0.2, 0) is 0 Å². The number of rotatable bonds is 1. The van der Waals surface area contributed by atoms with Crippen LogP contribution in [0.1, 0.15) is 5.56 Å². The van der Waals surface area contributed by atoms with Gasteiger partial charge < -0.3 is 9.07 Å². The van der Waals surface area contributed by atoms with Crippen LogP contribution in [0.25, 0.3) is 0 Å². The molecule has 0 N–H and O–H groups in total. The van der Waals surface area contributed by atoms with Crippen LogP contribution in [0.4, 0.5) is 4.39 Å². The zero-order chi connectivity index (χ0) is 8.27. The minimum Gasteiger partial charge on any atom is -0.336 e. The largest absolute Gasteiger partial charge is 0.538 e. The number of nitrogens with zero attached hydrogens (tertiary/aromatic N) is 1. The summed E-state index contributed by atoms with van der Waals surface area (Å²) in [6.07, 6.45) is 0. The Balaban J connectivity index is 3.12. The molecule has 1 nitrogen and oxygen atoms in total. The molecule has 0 aromatic heterocycles. The van der Waals surface area contributed by atoms with Crippen molar-refractivity contribution in [3.05, 3.63) is 29.6 Å². The third-order valence-corrected chi connectivity index (χ3v) is 2.98. The molecule has 11 heavy (non-hydrogen) atoms. The second-order valence-electron chi connectivity index (χ2n) is 2.06. The minimum absolute atomic E-state index is 0.0767. The lowest BCUT2D eigenvalue weighted by Gasteiger charge is -1.95. The Morgan fingerprint density at radius 3 is 2.73 bits per heavy atom. The Labute approximate surface area is 77.3 Å². The fourth-order valence-corrected chi connectivity index (χ4v) is 1.69. The van der Waals surface area contributed by atoms with Gasteiger partial charge in [0.1, 0.15) is 11.9 Å². The highest BCUT2D eigenvalue weighted by atomic mass is 35.5. The number of hydrogen-bond acceptors (Lipinski definition) is 1. The smallest absolute Gasteiger partial charge is 0.336 e. The van der Waals surface area contributed by atoms with Crippen molar-refractivity contribution in [3.8, 4) is 6.07 Å². The van der Waals surface area contributed by atoms with E-state index in [4.69, 9.17) is 14.3 Å². The summed E-state index contributed by atoms with van der Waals surface area (Å²) in [6.45, 7) is 0. The highest BCUT2D eigenvalue weighted by molar-refractivity contribution is 7.01. The van der Waals surface area contributed by atoms with E-state index in [9.17, 15) is 4.39 Å². The zero-order valence-electron chi connectivity index (χ0n) is 5.64. The SMILES string of the molecule is N#Cc1cc[c]([Mg][Cl])cc1F. The molecule has 0 atom stereocenters. The van der Waals surface area contributed by atoms with E-state index in [-0.39, 0.29) is 5.56 Å². The Kier molecular flexibility index (Phi) is 3.12. The average molecular weight is 180 g/mol. The molecule has 0 spiro atoms. The van der Waals surface area contributed by atoms with Gasteiger partial charge in [-0.1, -0.05) is 6.07 Å². The lowest BCUT2D eigenvalue weighted by atomic mass is 10.2. The van der Waals surface area contributed by atoms with Gasteiger partial charge in [-0.15, -0.1) is 3.69 Å². The van der Waals surface area contributed by atoms with Crippen molar-refractivity contribution in [1.82, 2.24) is 0 Å². The molecule has 0 heterocycles. The van der Waals surface area contributed by atoms with Crippen LogP contribution in [0, 0.1) is 17.1 Å². The van der Waals surface area contributed by atoms with Crippen LogP contribution in [0.5, 0.6) is 0 Å². The summed E-state index contributed by atoms with van der Waals surface area (Å²) in [5.41, 5.74) is 0.0767. The third-order valence-electron chi connectivity index (χ3n) is 1.31. The maximum absolute atomic E-state index is 12.8. The van der Waals surface area contributed by atoms with Gasteiger partial charge in [-0.3, -0.25) is 0 Å². The van der Waals surface area contributed by atoms with E-state index >= 15 is 0 Å². The van der Waals surface area contributed by atoms with Crippen LogP contribution in [-0.4, -0.2) is 19.3 Å². The van der Waals surface area contributed by atoms with Crippen molar-refractivity contribution in [3.63, 3.8) is 0 Å². The highest BCUT2D eigenvalue weighted by Crippen LogP contribution is 2.02. The molecule has 52 valence electrons. The van der Waals surface area contributed by atoms with Gasteiger partial charge in [0.25, 0.3) is 0 Å². The predicted octanol–water partition coefficient (Wildman–Crippen LogP) is 1.18. The summed E-state index contributed by atoms with van der Waals surface area (Å²) in [4.78, 5) is 0. The first-order chi connectivity index (χ1) is 5.27. The van der Waals surface area contributed by atoms with Gasteiger partial charge in [-0.2, -0.15) is 5.26 Å². The molecule has 0 amide bonds. The number of hydrogen-bond donors (Lipinski definition) is 0. The van der Waals surface area contributed by atoms with Gasteiger partial charge in [0, 0.05) is 0 Å². The summed E-state index contributed by atoms with van der Waals surface area (Å²) >= 11 is -0.831. The normalized spacial score (nSPS) is 8.45. The molecule has 0 aliphatic heterocycles. The lowest BCUT2D eigenvalue weighted by molar-refractivity contribution is 0.625. The van der Waals surface area contributed by atoms with E-state index in [1.54, 1.807) is 12.1 Å². The van der Waals surface area contributed by atoms with Crippen LogP contribution in [0.15, 0.2) is 18.2 Å². The first kappa shape index (κ1) is 8.79. The molecular formula is C7H3ClFMgN. The van der Waals surface area contributed by atoms with Crippen molar-refractivity contribution in [2.24, 2.45) is 0 Å². The molecule has 4 heteroatoms. The quantitative estimate of drug-likeness (QED) is 0.595. The summed E-state index contributed by atoms with van der Waals surface area (Å²) in [5, 5.41) is 8.37. The molecule has 0 radical (unpaired) electrons. The van der Waals surface area contributed by atoms with E-state index in [2.05, 4.69) is 0 Å². The molecule has 0 saturated carbocycles. The zero-order valence-corrected chi connectivity index (χ0v) is 7.81. The topological polar surface area (TPSA) is 23.8 Å². The van der Waals surface area contributed by atoms with Crippen molar-refractivity contribution >= 4 is 32.0 Å². The van der Waals surface area contributed by atoms with E-state index in [1.807, 2.05) is 0 Å². The van der Waals surface area contributed by atoms with Crippen LogP contribution in [0.2, 0.25) is 0 Å². The summed E-state index contributed by atoms with van der Waals surface area (Å²) in [7, 11) is 5.58. The molecule has 0 saturated heterocycles. The van der Waals surface area contributed by atoms with Gasteiger partial charge >= 0.3 is 19.3 Å². The standard InChI is InChI=1S/C7H3FN.ClH.Mg/c8-7-4-2-1-3-6(7)5-9;;/h1,3-4H;1H;/q;;+1/p-1. The minimum atomic E-state index is -0.831. The Morgan fingerprint density at radius 1 is 1.55 bits per heavy atom. The van der Waals surface area contributed by atoms with E-state index in [0.29, 0.717) is 0 Å². The molecule has 0 aliphatic rings.